The highest BCUT2D eigenvalue weighted by molar-refractivity contribution is 9.10. The topological polar surface area (TPSA) is 12.9 Å². The van der Waals surface area contributed by atoms with Crippen LogP contribution in [0.3, 0.4) is 0 Å². The summed E-state index contributed by atoms with van der Waals surface area (Å²) in [6.45, 7) is 0. The molecule has 0 N–H and O–H groups in total. The van der Waals surface area contributed by atoms with Crippen LogP contribution in [0.4, 0.5) is 0 Å². The molecule has 1 nitrogen and oxygen atoms in total. The van der Waals surface area contributed by atoms with Crippen LogP contribution < -0.4 is 0 Å². The van der Waals surface area contributed by atoms with Gasteiger partial charge in [-0.2, -0.15) is 0 Å². The van der Waals surface area contributed by atoms with Gasteiger partial charge in [0.1, 0.15) is 0 Å². The first kappa shape index (κ1) is 9.93. The highest BCUT2D eigenvalue weighted by Crippen LogP contribution is 2.10. The molecule has 0 radical (unpaired) electrons. The second kappa shape index (κ2) is 5.49. The predicted octanol–water partition coefficient (Wildman–Crippen LogP) is 3.64. The molecule has 12 heavy (non-hydrogen) atoms. The van der Waals surface area contributed by atoms with Gasteiger partial charge in [-0.1, -0.05) is 28.1 Å². The number of pyridine rings is 1. The highest BCUT2D eigenvalue weighted by atomic mass is 79.9. The molecule has 0 atom stereocenters. The third-order valence-electron chi connectivity index (χ3n) is 1.31. The molecule has 0 unspecified atom stereocenters. The average Bonchev–Trinajstić information content (AvgIpc) is 2.05. The van der Waals surface area contributed by atoms with Gasteiger partial charge in [0.05, 0.1) is 0 Å². The van der Waals surface area contributed by atoms with Gasteiger partial charge in [0.2, 0.25) is 0 Å². The van der Waals surface area contributed by atoms with Crippen molar-refractivity contribution in [1.29, 1.82) is 0 Å². The third-order valence-corrected chi connectivity index (χ3v) is 2.20. The molecular weight excluding hydrogens is 282 g/mol. The Labute approximate surface area is 89.2 Å². The van der Waals surface area contributed by atoms with E-state index in [1.165, 1.54) is 0 Å². The number of alkyl halides is 1. The summed E-state index contributed by atoms with van der Waals surface area (Å²) in [6.07, 6.45) is 8.86. The van der Waals surface area contributed by atoms with Gasteiger partial charge in [-0.15, -0.1) is 0 Å². The van der Waals surface area contributed by atoms with E-state index < -0.39 is 0 Å². The van der Waals surface area contributed by atoms with E-state index in [9.17, 15) is 0 Å². The lowest BCUT2D eigenvalue weighted by Crippen LogP contribution is -1.76. The fraction of sp³-hybridized carbons (Fsp3) is 0.222. The zero-order valence-corrected chi connectivity index (χ0v) is 9.68. The molecule has 0 saturated carbocycles. The summed E-state index contributed by atoms with van der Waals surface area (Å²) in [5, 5.41) is 1.00. The molecule has 0 aliphatic carbocycles. The van der Waals surface area contributed by atoms with Gasteiger partial charge in [-0.05, 0) is 34.0 Å². The zero-order chi connectivity index (χ0) is 8.81. The largest absolute Gasteiger partial charge is 0.263 e. The van der Waals surface area contributed by atoms with Crippen molar-refractivity contribution in [3.05, 3.63) is 34.6 Å². The molecule has 1 heterocycles. The normalized spacial score (nSPS) is 10.8. The molecule has 0 aromatic carbocycles. The van der Waals surface area contributed by atoms with Gasteiger partial charge < -0.3 is 0 Å². The van der Waals surface area contributed by atoms with Crippen molar-refractivity contribution in [2.75, 3.05) is 5.33 Å². The number of nitrogens with zero attached hydrogens (tertiary/aromatic N) is 1. The van der Waals surface area contributed by atoms with E-state index in [2.05, 4.69) is 49.0 Å². The molecule has 0 fully saturated rings. The van der Waals surface area contributed by atoms with Crippen molar-refractivity contribution >= 4 is 37.9 Å². The summed E-state index contributed by atoms with van der Waals surface area (Å²) in [5.41, 5.74) is 1.13. The van der Waals surface area contributed by atoms with E-state index in [4.69, 9.17) is 0 Å². The SMILES string of the molecule is BrCCC=Cc1cncc(Br)c1. The van der Waals surface area contributed by atoms with Crippen molar-refractivity contribution < 1.29 is 0 Å². The number of hydrogen-bond acceptors (Lipinski definition) is 1. The minimum Gasteiger partial charge on any atom is -0.263 e. The van der Waals surface area contributed by atoms with Crippen LogP contribution in [0, 0.1) is 0 Å². The number of hydrogen-bond donors (Lipinski definition) is 0. The summed E-state index contributed by atoms with van der Waals surface area (Å²) in [6, 6.07) is 2.04. The standard InChI is InChI=1S/C9H9Br2N/c10-4-2-1-3-8-5-9(11)7-12-6-8/h1,3,5-7H,2,4H2. The van der Waals surface area contributed by atoms with Crippen LogP contribution >= 0.6 is 31.9 Å². The Balaban J connectivity index is 2.63. The molecule has 64 valence electrons. The van der Waals surface area contributed by atoms with Crippen molar-refractivity contribution in [2.24, 2.45) is 0 Å². The van der Waals surface area contributed by atoms with E-state index in [-0.39, 0.29) is 0 Å². The lowest BCUT2D eigenvalue weighted by atomic mass is 10.2. The molecule has 0 spiro atoms. The molecule has 0 aliphatic rings. The zero-order valence-electron chi connectivity index (χ0n) is 6.50. The highest BCUT2D eigenvalue weighted by Gasteiger charge is 1.88. The summed E-state index contributed by atoms with van der Waals surface area (Å²) in [7, 11) is 0. The van der Waals surface area contributed by atoms with Crippen LogP contribution in [0.25, 0.3) is 6.08 Å². The summed E-state index contributed by atoms with van der Waals surface area (Å²) in [5.74, 6) is 0. The van der Waals surface area contributed by atoms with Crippen LogP contribution in [0.5, 0.6) is 0 Å². The fourth-order valence-corrected chi connectivity index (χ4v) is 1.45. The Morgan fingerprint density at radius 2 is 2.25 bits per heavy atom. The summed E-state index contributed by atoms with van der Waals surface area (Å²) >= 11 is 6.73. The molecule has 0 saturated heterocycles. The van der Waals surface area contributed by atoms with Gasteiger partial charge >= 0.3 is 0 Å². The Morgan fingerprint density at radius 1 is 1.42 bits per heavy atom. The van der Waals surface area contributed by atoms with Crippen LogP contribution in [-0.2, 0) is 0 Å². The smallest absolute Gasteiger partial charge is 0.0410 e. The third kappa shape index (κ3) is 3.50. The van der Waals surface area contributed by atoms with Gasteiger partial charge in [-0.25, -0.2) is 0 Å². The summed E-state index contributed by atoms with van der Waals surface area (Å²) < 4.78 is 1.02. The van der Waals surface area contributed by atoms with E-state index in [1.807, 2.05) is 12.3 Å². The monoisotopic (exact) mass is 289 g/mol. The molecule has 1 rings (SSSR count). The maximum atomic E-state index is 4.05. The van der Waals surface area contributed by atoms with Gasteiger partial charge in [0, 0.05) is 22.2 Å². The first-order chi connectivity index (χ1) is 5.83. The quantitative estimate of drug-likeness (QED) is 0.775. The van der Waals surface area contributed by atoms with E-state index in [0.717, 1.165) is 21.8 Å². The molecule has 1 aromatic rings. The van der Waals surface area contributed by atoms with Crippen LogP contribution in [-0.4, -0.2) is 10.3 Å². The summed E-state index contributed by atoms with van der Waals surface area (Å²) in [4.78, 5) is 4.05. The van der Waals surface area contributed by atoms with E-state index >= 15 is 0 Å². The number of allylic oxidation sites excluding steroid dienone is 1. The lowest BCUT2D eigenvalue weighted by molar-refractivity contribution is 1.26. The van der Waals surface area contributed by atoms with Crippen molar-refractivity contribution in [1.82, 2.24) is 4.98 Å². The molecule has 0 aliphatic heterocycles. The Hall–Kier alpha value is -0.150. The Bertz CT molecular complexity index is 271. The number of aromatic nitrogens is 1. The Kier molecular flexibility index (Phi) is 4.54. The maximum Gasteiger partial charge on any atom is 0.0410 e. The van der Waals surface area contributed by atoms with Gasteiger partial charge in [0.25, 0.3) is 0 Å². The van der Waals surface area contributed by atoms with Crippen LogP contribution in [0.1, 0.15) is 12.0 Å². The fourth-order valence-electron chi connectivity index (χ4n) is 0.802. The van der Waals surface area contributed by atoms with Crippen molar-refractivity contribution in [3.8, 4) is 0 Å². The van der Waals surface area contributed by atoms with Crippen LogP contribution in [0.2, 0.25) is 0 Å². The average molecular weight is 291 g/mol. The first-order valence-electron chi connectivity index (χ1n) is 3.66. The van der Waals surface area contributed by atoms with E-state index in [1.54, 1.807) is 6.20 Å². The molecule has 3 heteroatoms. The first-order valence-corrected chi connectivity index (χ1v) is 5.57. The molecule has 1 aromatic heterocycles. The Morgan fingerprint density at radius 3 is 2.92 bits per heavy atom. The predicted molar refractivity (Wildman–Crippen MR) is 59.4 cm³/mol. The maximum absolute atomic E-state index is 4.05. The minimum atomic E-state index is 1.00. The van der Waals surface area contributed by atoms with E-state index in [0.29, 0.717) is 0 Å². The minimum absolute atomic E-state index is 1.00. The van der Waals surface area contributed by atoms with Gasteiger partial charge in [-0.3, -0.25) is 4.98 Å². The number of halogens is 2. The second-order valence-corrected chi connectivity index (χ2v) is 4.03. The van der Waals surface area contributed by atoms with Crippen molar-refractivity contribution in [2.45, 2.75) is 6.42 Å². The molecular formula is C9H9Br2N. The van der Waals surface area contributed by atoms with Crippen molar-refractivity contribution in [3.63, 3.8) is 0 Å². The lowest BCUT2D eigenvalue weighted by Gasteiger charge is -1.92. The molecule has 0 amide bonds. The second-order valence-electron chi connectivity index (χ2n) is 2.32. The van der Waals surface area contributed by atoms with Crippen LogP contribution in [0.15, 0.2) is 29.0 Å². The molecule has 0 bridgehead atoms. The number of rotatable bonds is 3. The van der Waals surface area contributed by atoms with Gasteiger partial charge in [0.15, 0.2) is 0 Å².